The molecule has 1 saturated heterocycles. The van der Waals surface area contributed by atoms with Gasteiger partial charge in [0.1, 0.15) is 5.75 Å². The number of hydrazone groups is 1. The molecular formula is C16H15ClN2O2S3. The lowest BCUT2D eigenvalue weighted by atomic mass is 10.2. The third-order valence-electron chi connectivity index (χ3n) is 3.12. The number of hydrogen-bond donors (Lipinski definition) is 1. The molecule has 1 amide bonds. The second kappa shape index (κ2) is 8.80. The third-order valence-corrected chi connectivity index (χ3v) is 7.39. The number of carbonyl (C=O) groups excluding carboxylic acids is 1. The van der Waals surface area contributed by atoms with Gasteiger partial charge in [-0.05, 0) is 29.8 Å². The lowest BCUT2D eigenvalue weighted by molar-refractivity contribution is -0.123. The number of thioether (sulfide) groups is 2. The smallest absolute Gasteiger partial charge is 0.277 e. The summed E-state index contributed by atoms with van der Waals surface area (Å²) in [7, 11) is 0. The highest BCUT2D eigenvalue weighted by Crippen LogP contribution is 2.45. The van der Waals surface area contributed by atoms with Crippen LogP contribution in [-0.4, -0.2) is 30.2 Å². The van der Waals surface area contributed by atoms with Crippen molar-refractivity contribution in [2.75, 3.05) is 18.1 Å². The Labute approximate surface area is 158 Å². The minimum Gasteiger partial charge on any atom is -0.484 e. The Hall–Kier alpha value is -1.15. The fourth-order valence-corrected chi connectivity index (χ4v) is 5.81. The average molecular weight is 399 g/mol. The third kappa shape index (κ3) is 5.17. The standard InChI is InChI=1S/C16H15ClN2O2S3/c17-14-6-5-13(24-14)9-18-19-15(20)10-21-12-3-1-11(2-4-12)16-22-7-8-23-16/h1-6,9,16H,7-8,10H2,(H,19,20)/b18-9-. The first-order valence-electron chi connectivity index (χ1n) is 7.24. The van der Waals surface area contributed by atoms with E-state index in [-0.39, 0.29) is 12.5 Å². The summed E-state index contributed by atoms with van der Waals surface area (Å²) in [5.74, 6) is 2.77. The van der Waals surface area contributed by atoms with Gasteiger partial charge in [-0.3, -0.25) is 4.79 Å². The minimum absolute atomic E-state index is 0.0746. The Kier molecular flexibility index (Phi) is 6.48. The average Bonchev–Trinajstić information content (AvgIpc) is 3.25. The highest BCUT2D eigenvalue weighted by molar-refractivity contribution is 8.19. The predicted molar refractivity (Wildman–Crippen MR) is 105 cm³/mol. The van der Waals surface area contributed by atoms with E-state index in [0.717, 1.165) is 4.88 Å². The van der Waals surface area contributed by atoms with E-state index in [2.05, 4.69) is 22.7 Å². The summed E-state index contributed by atoms with van der Waals surface area (Å²) in [5, 5.41) is 3.88. The molecule has 2 heterocycles. The van der Waals surface area contributed by atoms with Gasteiger partial charge in [-0.1, -0.05) is 23.7 Å². The molecule has 0 saturated carbocycles. The van der Waals surface area contributed by atoms with E-state index in [1.807, 2.05) is 41.7 Å². The van der Waals surface area contributed by atoms with Gasteiger partial charge in [0.25, 0.3) is 5.91 Å². The van der Waals surface area contributed by atoms with Crippen LogP contribution in [0.15, 0.2) is 41.5 Å². The lowest BCUT2D eigenvalue weighted by Gasteiger charge is -2.09. The number of ether oxygens (including phenoxy) is 1. The molecule has 24 heavy (non-hydrogen) atoms. The van der Waals surface area contributed by atoms with Crippen molar-refractivity contribution in [3.63, 3.8) is 0 Å². The van der Waals surface area contributed by atoms with E-state index >= 15 is 0 Å². The van der Waals surface area contributed by atoms with Crippen LogP contribution in [0.3, 0.4) is 0 Å². The fraction of sp³-hybridized carbons (Fsp3) is 0.250. The highest BCUT2D eigenvalue weighted by Gasteiger charge is 2.17. The molecule has 1 aromatic carbocycles. The number of rotatable bonds is 6. The quantitative estimate of drug-likeness (QED) is 0.578. The zero-order valence-electron chi connectivity index (χ0n) is 12.6. The summed E-state index contributed by atoms with van der Waals surface area (Å²) in [5.41, 5.74) is 3.72. The van der Waals surface area contributed by atoms with Crippen LogP contribution >= 0.6 is 46.5 Å². The summed E-state index contributed by atoms with van der Waals surface area (Å²) in [6.45, 7) is -0.0746. The Balaban J connectivity index is 1.43. The molecule has 8 heteroatoms. The van der Waals surface area contributed by atoms with Crippen molar-refractivity contribution >= 4 is 58.6 Å². The molecular weight excluding hydrogens is 384 g/mol. The first-order valence-corrected chi connectivity index (χ1v) is 10.5. The first kappa shape index (κ1) is 17.7. The van der Waals surface area contributed by atoms with Crippen molar-refractivity contribution in [1.29, 1.82) is 0 Å². The van der Waals surface area contributed by atoms with Crippen LogP contribution in [0.5, 0.6) is 5.75 Å². The molecule has 0 spiro atoms. The maximum absolute atomic E-state index is 11.7. The number of halogens is 1. The summed E-state index contributed by atoms with van der Waals surface area (Å²) in [4.78, 5) is 12.6. The number of thiophene rings is 1. The van der Waals surface area contributed by atoms with Crippen molar-refractivity contribution in [3.05, 3.63) is 51.2 Å². The summed E-state index contributed by atoms with van der Waals surface area (Å²) in [6.07, 6.45) is 1.56. The normalized spacial score (nSPS) is 15.0. The Morgan fingerprint density at radius 3 is 2.67 bits per heavy atom. The lowest BCUT2D eigenvalue weighted by Crippen LogP contribution is -2.24. The fourth-order valence-electron chi connectivity index (χ4n) is 2.02. The summed E-state index contributed by atoms with van der Waals surface area (Å²) in [6, 6.07) is 11.5. The predicted octanol–water partition coefficient (Wildman–Crippen LogP) is 4.41. The second-order valence-corrected chi connectivity index (χ2v) is 9.34. The molecule has 1 aromatic heterocycles. The molecule has 0 aliphatic carbocycles. The van der Waals surface area contributed by atoms with Crippen molar-refractivity contribution < 1.29 is 9.53 Å². The van der Waals surface area contributed by atoms with E-state index in [9.17, 15) is 4.79 Å². The van der Waals surface area contributed by atoms with Crippen LogP contribution < -0.4 is 10.2 Å². The van der Waals surface area contributed by atoms with Crippen LogP contribution in [-0.2, 0) is 4.79 Å². The molecule has 0 unspecified atom stereocenters. The first-order chi connectivity index (χ1) is 11.7. The number of benzene rings is 1. The number of hydrogen-bond acceptors (Lipinski definition) is 6. The maximum atomic E-state index is 11.7. The van der Waals surface area contributed by atoms with Crippen LogP contribution in [0, 0.1) is 0 Å². The monoisotopic (exact) mass is 398 g/mol. The minimum atomic E-state index is -0.306. The van der Waals surface area contributed by atoms with Gasteiger partial charge in [0.05, 0.1) is 15.1 Å². The molecule has 1 fully saturated rings. The van der Waals surface area contributed by atoms with Gasteiger partial charge >= 0.3 is 0 Å². The highest BCUT2D eigenvalue weighted by atomic mass is 35.5. The number of nitrogens with zero attached hydrogens (tertiary/aromatic N) is 1. The Bertz CT molecular complexity index is 712. The molecule has 0 radical (unpaired) electrons. The van der Waals surface area contributed by atoms with E-state index < -0.39 is 0 Å². The molecule has 1 aliphatic heterocycles. The van der Waals surface area contributed by atoms with Gasteiger partial charge in [0.2, 0.25) is 0 Å². The van der Waals surface area contributed by atoms with Crippen molar-refractivity contribution in [1.82, 2.24) is 5.43 Å². The number of amides is 1. The summed E-state index contributed by atoms with van der Waals surface area (Å²) >= 11 is 11.1. The van der Waals surface area contributed by atoms with E-state index in [1.54, 1.807) is 12.3 Å². The molecule has 2 aromatic rings. The van der Waals surface area contributed by atoms with E-state index in [1.165, 1.54) is 28.4 Å². The second-order valence-electron chi connectivity index (χ2n) is 4.87. The largest absolute Gasteiger partial charge is 0.484 e. The van der Waals surface area contributed by atoms with Crippen molar-refractivity contribution in [2.24, 2.45) is 5.10 Å². The molecule has 4 nitrogen and oxygen atoms in total. The van der Waals surface area contributed by atoms with Crippen LogP contribution in [0.1, 0.15) is 15.0 Å². The van der Waals surface area contributed by atoms with Crippen LogP contribution in [0.2, 0.25) is 4.34 Å². The van der Waals surface area contributed by atoms with Crippen LogP contribution in [0.25, 0.3) is 0 Å². The molecule has 1 aliphatic rings. The molecule has 0 bridgehead atoms. The van der Waals surface area contributed by atoms with Gasteiger partial charge < -0.3 is 4.74 Å². The number of carbonyl (C=O) groups is 1. The number of nitrogens with one attached hydrogen (secondary N) is 1. The SMILES string of the molecule is O=C(COc1ccc(C2SCCS2)cc1)N/N=C\c1ccc(Cl)s1. The molecule has 3 rings (SSSR count). The topological polar surface area (TPSA) is 50.7 Å². The van der Waals surface area contributed by atoms with Gasteiger partial charge in [-0.25, -0.2) is 5.43 Å². The molecule has 1 N–H and O–H groups in total. The zero-order valence-corrected chi connectivity index (χ0v) is 15.8. The maximum Gasteiger partial charge on any atom is 0.277 e. The zero-order chi connectivity index (χ0) is 16.8. The van der Waals surface area contributed by atoms with Gasteiger partial charge in [-0.2, -0.15) is 5.10 Å². The Morgan fingerprint density at radius 1 is 1.25 bits per heavy atom. The molecule has 126 valence electrons. The van der Waals surface area contributed by atoms with Gasteiger partial charge in [-0.15, -0.1) is 34.9 Å². The Morgan fingerprint density at radius 2 is 2.00 bits per heavy atom. The summed E-state index contributed by atoms with van der Waals surface area (Å²) < 4.78 is 6.67. The van der Waals surface area contributed by atoms with Crippen LogP contribution in [0.4, 0.5) is 0 Å². The van der Waals surface area contributed by atoms with Crippen molar-refractivity contribution in [2.45, 2.75) is 4.58 Å². The van der Waals surface area contributed by atoms with E-state index in [0.29, 0.717) is 14.7 Å². The van der Waals surface area contributed by atoms with Crippen molar-refractivity contribution in [3.8, 4) is 5.75 Å². The van der Waals surface area contributed by atoms with Gasteiger partial charge in [0.15, 0.2) is 6.61 Å². The van der Waals surface area contributed by atoms with Gasteiger partial charge in [0, 0.05) is 16.4 Å². The molecule has 0 atom stereocenters. The van der Waals surface area contributed by atoms with E-state index in [4.69, 9.17) is 16.3 Å².